The number of allylic oxidation sites excluding steroid dienone is 6. The summed E-state index contributed by atoms with van der Waals surface area (Å²) >= 11 is 0. The van der Waals surface area contributed by atoms with Gasteiger partial charge in [0.25, 0.3) is 0 Å². The molecule has 1 heterocycles. The van der Waals surface area contributed by atoms with Crippen LogP contribution in [-0.4, -0.2) is 34.5 Å². The van der Waals surface area contributed by atoms with Crippen LogP contribution in [0.5, 0.6) is 0 Å². The molecule has 1 aliphatic heterocycles. The first-order chi connectivity index (χ1) is 19.6. The Kier molecular flexibility index (Phi) is 7.55. The van der Waals surface area contributed by atoms with Crippen LogP contribution in [0.1, 0.15) is 94.4 Å². The van der Waals surface area contributed by atoms with E-state index in [1.165, 1.54) is 6.92 Å². The predicted molar refractivity (Wildman–Crippen MR) is 162 cm³/mol. The minimum absolute atomic E-state index is 0.0417. The molecule has 0 amide bonds. The molecule has 4 aliphatic carbocycles. The molecule has 1 N–H and O–H groups in total. The van der Waals surface area contributed by atoms with E-state index in [0.717, 1.165) is 48.0 Å². The average molecular weight is 577 g/mol. The zero-order chi connectivity index (χ0) is 30.9. The van der Waals surface area contributed by atoms with Crippen LogP contribution >= 0.6 is 0 Å². The fraction of sp³-hybridized carbons (Fsp3) is 0.639. The Balaban J connectivity index is 1.80. The molecule has 42 heavy (non-hydrogen) atoms. The Hall–Kier alpha value is -2.89. The maximum Gasteiger partial charge on any atom is 0.346 e. The van der Waals surface area contributed by atoms with Gasteiger partial charge in [0.2, 0.25) is 5.78 Å². The molecule has 5 aliphatic rings. The molecule has 2 bridgehead atoms. The maximum atomic E-state index is 14.8. The number of carbonyl (C=O) groups is 3. The number of esters is 2. The topological polar surface area (TPSA) is 89.9 Å². The first-order valence-electron chi connectivity index (χ1n) is 15.7. The van der Waals surface area contributed by atoms with E-state index in [-0.39, 0.29) is 53.0 Å². The molecule has 0 aromatic carbocycles. The average Bonchev–Trinajstić information content (AvgIpc) is 3.13. The quantitative estimate of drug-likeness (QED) is 0.197. The molecule has 228 valence electrons. The molecular weight excluding hydrogens is 528 g/mol. The third kappa shape index (κ3) is 4.38. The van der Waals surface area contributed by atoms with Crippen molar-refractivity contribution in [3.63, 3.8) is 0 Å². The minimum Gasteiger partial charge on any atom is -0.511 e. The normalized spacial score (nSPS) is 44.7. The molecule has 1 saturated heterocycles. The number of aliphatic hydroxyl groups excluding tert-OH is 1. The van der Waals surface area contributed by atoms with Crippen molar-refractivity contribution in [2.24, 2.45) is 40.4 Å². The molecule has 1 spiro atoms. The zero-order valence-electron chi connectivity index (χ0n) is 26.8. The molecule has 6 heteroatoms. The molecule has 0 aromatic rings. The SMILES string of the molecule is CC(=O)O[C@@H]1CC[C@H](C)[C@@H]2[C@@H]1C=C(C)[C@@H]1/C(C)=C/CC/C(C)=C/[C@]3(C)C=C(C)[C@@H](C)C[C@@]34OC(=O)C(=C(O)[C@]21C)C4=O. The van der Waals surface area contributed by atoms with Gasteiger partial charge in [-0.3, -0.25) is 9.59 Å². The van der Waals surface area contributed by atoms with Gasteiger partial charge in [-0.1, -0.05) is 67.4 Å². The summed E-state index contributed by atoms with van der Waals surface area (Å²) in [6.07, 6.45) is 11.9. The highest BCUT2D eigenvalue weighted by atomic mass is 16.6. The number of hydrogen-bond acceptors (Lipinski definition) is 6. The highest BCUT2D eigenvalue weighted by Crippen LogP contribution is 2.62. The molecule has 5 rings (SSSR count). The first kappa shape index (κ1) is 30.6. The van der Waals surface area contributed by atoms with E-state index in [9.17, 15) is 19.5 Å². The zero-order valence-corrected chi connectivity index (χ0v) is 26.8. The van der Waals surface area contributed by atoms with E-state index >= 15 is 0 Å². The fourth-order valence-corrected chi connectivity index (χ4v) is 9.60. The molecule has 0 radical (unpaired) electrons. The monoisotopic (exact) mass is 576 g/mol. The Labute approximate surface area is 251 Å². The lowest BCUT2D eigenvalue weighted by atomic mass is 9.49. The van der Waals surface area contributed by atoms with Crippen molar-refractivity contribution < 1.29 is 29.0 Å². The van der Waals surface area contributed by atoms with Gasteiger partial charge in [-0.2, -0.15) is 0 Å². The van der Waals surface area contributed by atoms with E-state index in [1.54, 1.807) is 0 Å². The molecule has 0 aromatic heterocycles. The van der Waals surface area contributed by atoms with Crippen molar-refractivity contribution >= 4 is 17.7 Å². The van der Waals surface area contributed by atoms with Gasteiger partial charge in [0.1, 0.15) is 17.4 Å². The van der Waals surface area contributed by atoms with Crippen LogP contribution in [-0.2, 0) is 23.9 Å². The fourth-order valence-electron chi connectivity index (χ4n) is 9.60. The number of ketones is 1. The second-order valence-electron chi connectivity index (χ2n) is 14.5. The van der Waals surface area contributed by atoms with E-state index in [4.69, 9.17) is 9.47 Å². The van der Waals surface area contributed by atoms with Gasteiger partial charge in [0.05, 0.1) is 5.41 Å². The molecule has 2 fully saturated rings. The van der Waals surface area contributed by atoms with Crippen molar-refractivity contribution in [1.29, 1.82) is 0 Å². The van der Waals surface area contributed by atoms with Gasteiger partial charge in [-0.05, 0) is 78.1 Å². The van der Waals surface area contributed by atoms with Gasteiger partial charge in [0, 0.05) is 30.6 Å². The largest absolute Gasteiger partial charge is 0.511 e. The minimum atomic E-state index is -1.42. The lowest BCUT2D eigenvalue weighted by Gasteiger charge is -2.56. The van der Waals surface area contributed by atoms with Crippen molar-refractivity contribution in [2.75, 3.05) is 0 Å². The van der Waals surface area contributed by atoms with E-state index in [1.807, 2.05) is 13.8 Å². The summed E-state index contributed by atoms with van der Waals surface area (Å²) in [5.74, 6) is -2.01. The highest BCUT2D eigenvalue weighted by Gasteiger charge is 2.66. The van der Waals surface area contributed by atoms with Gasteiger partial charge in [-0.15, -0.1) is 0 Å². The summed E-state index contributed by atoms with van der Waals surface area (Å²) < 4.78 is 12.1. The Morgan fingerprint density at radius 2 is 1.71 bits per heavy atom. The van der Waals surface area contributed by atoms with Crippen LogP contribution in [0.2, 0.25) is 0 Å². The smallest absolute Gasteiger partial charge is 0.346 e. The van der Waals surface area contributed by atoms with Gasteiger partial charge in [0.15, 0.2) is 5.60 Å². The molecule has 0 unspecified atom stereocenters. The summed E-state index contributed by atoms with van der Waals surface area (Å²) in [7, 11) is 0. The number of Topliss-reactive ketones (excluding diaryl/α,β-unsaturated/α-hetero) is 1. The van der Waals surface area contributed by atoms with Crippen molar-refractivity contribution in [3.8, 4) is 0 Å². The number of carbonyl (C=O) groups excluding carboxylic acids is 3. The van der Waals surface area contributed by atoms with Crippen LogP contribution in [0, 0.1) is 40.4 Å². The maximum absolute atomic E-state index is 14.8. The third-order valence-corrected chi connectivity index (χ3v) is 11.5. The number of aliphatic hydroxyl groups is 1. The summed E-state index contributed by atoms with van der Waals surface area (Å²) in [6, 6.07) is 0. The Bertz CT molecular complexity index is 1370. The van der Waals surface area contributed by atoms with Crippen LogP contribution < -0.4 is 0 Å². The van der Waals surface area contributed by atoms with Crippen LogP contribution in [0.4, 0.5) is 0 Å². The van der Waals surface area contributed by atoms with Crippen molar-refractivity contribution in [2.45, 2.75) is 106 Å². The Morgan fingerprint density at radius 1 is 1.02 bits per heavy atom. The van der Waals surface area contributed by atoms with Gasteiger partial charge in [-0.25, -0.2) is 4.79 Å². The number of fused-ring (bicyclic) bond motifs is 4. The predicted octanol–water partition coefficient (Wildman–Crippen LogP) is 7.52. The molecular formula is C36H48O6. The van der Waals surface area contributed by atoms with Gasteiger partial charge >= 0.3 is 11.9 Å². The van der Waals surface area contributed by atoms with Crippen LogP contribution in [0.15, 0.2) is 57.9 Å². The van der Waals surface area contributed by atoms with E-state index < -0.39 is 28.2 Å². The summed E-state index contributed by atoms with van der Waals surface area (Å²) in [5, 5.41) is 12.5. The summed E-state index contributed by atoms with van der Waals surface area (Å²) in [6.45, 7) is 18.0. The number of rotatable bonds is 1. The summed E-state index contributed by atoms with van der Waals surface area (Å²) in [4.78, 5) is 40.8. The van der Waals surface area contributed by atoms with Gasteiger partial charge < -0.3 is 14.6 Å². The molecule has 9 atom stereocenters. The van der Waals surface area contributed by atoms with E-state index in [0.29, 0.717) is 6.42 Å². The first-order valence-corrected chi connectivity index (χ1v) is 15.7. The molecule has 1 saturated carbocycles. The summed E-state index contributed by atoms with van der Waals surface area (Å²) in [5.41, 5.74) is 0.982. The van der Waals surface area contributed by atoms with Crippen LogP contribution in [0.3, 0.4) is 0 Å². The van der Waals surface area contributed by atoms with E-state index in [2.05, 4.69) is 65.8 Å². The number of hydrogen-bond donors (Lipinski definition) is 1. The van der Waals surface area contributed by atoms with Crippen LogP contribution in [0.25, 0.3) is 0 Å². The van der Waals surface area contributed by atoms with Crippen molar-refractivity contribution in [1.82, 2.24) is 0 Å². The Morgan fingerprint density at radius 3 is 2.38 bits per heavy atom. The second kappa shape index (κ2) is 10.4. The second-order valence-corrected chi connectivity index (χ2v) is 14.5. The lowest BCUT2D eigenvalue weighted by Crippen LogP contribution is -2.54. The standard InChI is InChI=1S/C36H48O6/c1-19-11-10-12-20(2)29-22(4)15-26-27(41-25(7)37)14-13-21(3)30(26)35(29,9)31(38)28-32(39)36(42-33(28)40)18-24(6)23(5)17-34(36,8)16-19/h12,15-17,21,24,26-27,29-30,38H,10-11,13-14,18H2,1-9H3/b19-16+,20-12+,31-28?/t21-,24-,26+,27+,29-,30+,34+,35-,36-/m0/s1. The lowest BCUT2D eigenvalue weighted by molar-refractivity contribution is -0.162. The third-order valence-electron chi connectivity index (χ3n) is 11.5. The highest BCUT2D eigenvalue weighted by molar-refractivity contribution is 6.26. The van der Waals surface area contributed by atoms with Crippen molar-refractivity contribution in [3.05, 3.63) is 57.9 Å². The molecule has 6 nitrogen and oxygen atoms in total. The number of ether oxygens (including phenoxy) is 2.